The Morgan fingerprint density at radius 1 is 1.19 bits per heavy atom. The van der Waals surface area contributed by atoms with E-state index in [1.54, 1.807) is 0 Å². The third-order valence-electron chi connectivity index (χ3n) is 5.19. The summed E-state index contributed by atoms with van der Waals surface area (Å²) in [6.07, 6.45) is 4.73. The summed E-state index contributed by atoms with van der Waals surface area (Å²) < 4.78 is 22.9. The van der Waals surface area contributed by atoms with Gasteiger partial charge in [-0.1, -0.05) is 0 Å². The zero-order valence-corrected chi connectivity index (χ0v) is 18.9. The van der Waals surface area contributed by atoms with Crippen LogP contribution in [0.15, 0.2) is 4.99 Å². The average Bonchev–Trinajstić information content (AvgIpc) is 3.37. The molecule has 1 N–H and O–H groups in total. The van der Waals surface area contributed by atoms with Crippen LogP contribution in [-0.2, 0) is 18.9 Å². The number of halogens is 1. The molecule has 0 aromatic heterocycles. The van der Waals surface area contributed by atoms with E-state index in [0.29, 0.717) is 5.92 Å². The highest BCUT2D eigenvalue weighted by molar-refractivity contribution is 14.0. The van der Waals surface area contributed by atoms with Gasteiger partial charge in [0.2, 0.25) is 0 Å². The van der Waals surface area contributed by atoms with Crippen LogP contribution < -0.4 is 5.32 Å². The van der Waals surface area contributed by atoms with E-state index in [1.807, 2.05) is 0 Å². The van der Waals surface area contributed by atoms with E-state index in [-0.39, 0.29) is 36.2 Å². The van der Waals surface area contributed by atoms with Crippen LogP contribution in [0.1, 0.15) is 32.6 Å². The lowest BCUT2D eigenvalue weighted by Crippen LogP contribution is -2.53. The van der Waals surface area contributed by atoms with Gasteiger partial charge in [-0.25, -0.2) is 0 Å². The van der Waals surface area contributed by atoms with Crippen LogP contribution in [0.25, 0.3) is 0 Å². The van der Waals surface area contributed by atoms with Crippen LogP contribution in [0.3, 0.4) is 0 Å². The molecule has 27 heavy (non-hydrogen) atoms. The summed E-state index contributed by atoms with van der Waals surface area (Å²) in [5, 5.41) is 3.42. The van der Waals surface area contributed by atoms with Crippen LogP contribution in [0.5, 0.6) is 0 Å². The average molecular weight is 497 g/mol. The van der Waals surface area contributed by atoms with Crippen molar-refractivity contribution in [2.45, 2.75) is 44.8 Å². The maximum atomic E-state index is 5.95. The first-order valence-corrected chi connectivity index (χ1v) is 10.3. The highest BCUT2D eigenvalue weighted by Gasteiger charge is 2.32. The van der Waals surface area contributed by atoms with Gasteiger partial charge in [-0.05, 0) is 32.6 Å². The molecule has 3 fully saturated rings. The molecule has 3 unspecified atom stereocenters. The first-order valence-electron chi connectivity index (χ1n) is 10.3. The molecule has 8 heteroatoms. The van der Waals surface area contributed by atoms with Crippen molar-refractivity contribution in [3.05, 3.63) is 0 Å². The Morgan fingerprint density at radius 2 is 2.07 bits per heavy atom. The van der Waals surface area contributed by atoms with Gasteiger partial charge >= 0.3 is 0 Å². The van der Waals surface area contributed by atoms with E-state index in [0.717, 1.165) is 97.5 Å². The number of guanidine groups is 1. The molecule has 0 aromatic carbocycles. The third kappa shape index (κ3) is 7.64. The van der Waals surface area contributed by atoms with Crippen LogP contribution in [-0.4, -0.2) is 88.9 Å². The monoisotopic (exact) mass is 497 g/mol. The topological polar surface area (TPSA) is 64.6 Å². The molecule has 0 bridgehead atoms. The van der Waals surface area contributed by atoms with Crippen LogP contribution in [0.2, 0.25) is 0 Å². The fourth-order valence-corrected chi connectivity index (χ4v) is 3.73. The molecular formula is C19H36IN3O4. The molecule has 0 amide bonds. The summed E-state index contributed by atoms with van der Waals surface area (Å²) >= 11 is 0. The summed E-state index contributed by atoms with van der Waals surface area (Å²) in [6.45, 7) is 10.4. The van der Waals surface area contributed by atoms with Crippen molar-refractivity contribution in [1.82, 2.24) is 10.2 Å². The smallest absolute Gasteiger partial charge is 0.194 e. The first kappa shape index (κ1) is 23.1. The molecule has 7 nitrogen and oxygen atoms in total. The van der Waals surface area contributed by atoms with Gasteiger partial charge in [0, 0.05) is 51.9 Å². The maximum absolute atomic E-state index is 5.95. The van der Waals surface area contributed by atoms with Gasteiger partial charge in [-0.15, -0.1) is 24.0 Å². The number of hydrogen-bond donors (Lipinski definition) is 1. The molecule has 0 spiro atoms. The van der Waals surface area contributed by atoms with Gasteiger partial charge in [0.05, 0.1) is 25.9 Å². The van der Waals surface area contributed by atoms with Crippen LogP contribution in [0.4, 0.5) is 0 Å². The minimum absolute atomic E-state index is 0. The largest absolute Gasteiger partial charge is 0.381 e. The van der Waals surface area contributed by atoms with E-state index < -0.39 is 0 Å². The first-order chi connectivity index (χ1) is 12.9. The molecule has 0 radical (unpaired) electrons. The van der Waals surface area contributed by atoms with Gasteiger partial charge in [-0.3, -0.25) is 4.99 Å². The van der Waals surface area contributed by atoms with Crippen molar-refractivity contribution in [1.29, 1.82) is 0 Å². The van der Waals surface area contributed by atoms with Crippen molar-refractivity contribution in [2.75, 3.05) is 65.8 Å². The summed E-state index contributed by atoms with van der Waals surface area (Å²) in [7, 11) is 0. The lowest BCUT2D eigenvalue weighted by atomic mass is 10.1. The maximum Gasteiger partial charge on any atom is 0.194 e. The quantitative estimate of drug-likeness (QED) is 0.239. The molecular weight excluding hydrogens is 461 g/mol. The molecule has 158 valence electrons. The molecule has 0 saturated carbocycles. The molecule has 3 heterocycles. The Morgan fingerprint density at radius 3 is 2.81 bits per heavy atom. The van der Waals surface area contributed by atoms with Crippen LogP contribution in [0, 0.1) is 5.92 Å². The van der Waals surface area contributed by atoms with E-state index in [4.69, 9.17) is 23.9 Å². The molecule has 3 aliphatic heterocycles. The van der Waals surface area contributed by atoms with E-state index in [1.165, 1.54) is 0 Å². The molecule has 3 aliphatic rings. The number of morpholine rings is 1. The normalized spacial score (nSPS) is 29.0. The molecule has 3 atom stereocenters. The zero-order valence-electron chi connectivity index (χ0n) is 16.6. The van der Waals surface area contributed by atoms with Gasteiger partial charge in [0.15, 0.2) is 5.96 Å². The Bertz CT molecular complexity index is 429. The summed E-state index contributed by atoms with van der Waals surface area (Å²) in [6, 6.07) is 0. The third-order valence-corrected chi connectivity index (χ3v) is 5.19. The second-order valence-corrected chi connectivity index (χ2v) is 7.30. The van der Waals surface area contributed by atoms with Gasteiger partial charge in [0.25, 0.3) is 0 Å². The molecule has 3 rings (SSSR count). The highest BCUT2D eigenvalue weighted by atomic mass is 127. The number of nitrogens with zero attached hydrogens (tertiary/aromatic N) is 2. The summed E-state index contributed by atoms with van der Waals surface area (Å²) in [5.41, 5.74) is 0. The van der Waals surface area contributed by atoms with E-state index in [2.05, 4.69) is 17.1 Å². The van der Waals surface area contributed by atoms with Gasteiger partial charge in [0.1, 0.15) is 6.10 Å². The number of nitrogens with one attached hydrogen (secondary N) is 1. The number of ether oxygens (including phenoxy) is 4. The Hall–Kier alpha value is -0.160. The number of hydrogen-bond acceptors (Lipinski definition) is 5. The van der Waals surface area contributed by atoms with Crippen molar-refractivity contribution in [3.63, 3.8) is 0 Å². The fraction of sp³-hybridized carbons (Fsp3) is 0.947. The van der Waals surface area contributed by atoms with Crippen molar-refractivity contribution >= 4 is 29.9 Å². The molecule has 0 aromatic rings. The second-order valence-electron chi connectivity index (χ2n) is 7.30. The molecule has 0 aliphatic carbocycles. The fourth-order valence-electron chi connectivity index (χ4n) is 3.73. The Kier molecular flexibility index (Phi) is 11.2. The predicted molar refractivity (Wildman–Crippen MR) is 116 cm³/mol. The minimum Gasteiger partial charge on any atom is -0.381 e. The van der Waals surface area contributed by atoms with E-state index in [9.17, 15) is 0 Å². The zero-order chi connectivity index (χ0) is 18.0. The predicted octanol–water partition coefficient (Wildman–Crippen LogP) is 1.89. The van der Waals surface area contributed by atoms with E-state index >= 15 is 0 Å². The summed E-state index contributed by atoms with van der Waals surface area (Å²) in [4.78, 5) is 7.11. The minimum atomic E-state index is 0. The van der Waals surface area contributed by atoms with Gasteiger partial charge in [-0.2, -0.15) is 0 Å². The van der Waals surface area contributed by atoms with Crippen molar-refractivity contribution in [2.24, 2.45) is 10.9 Å². The highest BCUT2D eigenvalue weighted by Crippen LogP contribution is 2.21. The lowest BCUT2D eigenvalue weighted by Gasteiger charge is -2.37. The lowest BCUT2D eigenvalue weighted by molar-refractivity contribution is -0.0817. The number of aliphatic imine (C=N–C) groups is 1. The van der Waals surface area contributed by atoms with Gasteiger partial charge < -0.3 is 29.2 Å². The van der Waals surface area contributed by atoms with Crippen LogP contribution >= 0.6 is 24.0 Å². The number of rotatable bonds is 8. The molecule has 3 saturated heterocycles. The second kappa shape index (κ2) is 13.1. The summed E-state index contributed by atoms with van der Waals surface area (Å²) in [5.74, 6) is 1.57. The SMILES string of the molecule is CCNC(=NCCCOCC1CCOC1)N1CCOC(C2CCCO2)C1.I. The van der Waals surface area contributed by atoms with Crippen molar-refractivity contribution in [3.8, 4) is 0 Å². The Labute approximate surface area is 180 Å². The standard InChI is InChI=1S/C19H35N3O4.HI/c1-2-20-19(21-7-4-9-23-14-16-6-11-24-15-16)22-8-12-26-18(13-22)17-5-3-10-25-17;/h16-18H,2-15H2,1H3,(H,20,21);1H. The van der Waals surface area contributed by atoms with Crippen molar-refractivity contribution < 1.29 is 18.9 Å². The Balaban J connectivity index is 0.00000261.